The van der Waals surface area contributed by atoms with Gasteiger partial charge in [-0.15, -0.1) is 0 Å². The van der Waals surface area contributed by atoms with E-state index in [0.717, 1.165) is 5.56 Å². The Bertz CT molecular complexity index is 721. The van der Waals surface area contributed by atoms with E-state index in [1.165, 1.54) is 6.20 Å². The number of alkyl halides is 2. The maximum atomic E-state index is 14.7. The molecule has 4 nitrogen and oxygen atoms in total. The highest BCUT2D eigenvalue weighted by molar-refractivity contribution is 5.74. The zero-order chi connectivity index (χ0) is 17.2. The van der Waals surface area contributed by atoms with Crippen molar-refractivity contribution in [2.24, 2.45) is 0 Å². The predicted octanol–water partition coefficient (Wildman–Crippen LogP) is 3.22. The number of nitrogens with zero attached hydrogens (tertiary/aromatic N) is 3. The van der Waals surface area contributed by atoms with E-state index in [-0.39, 0.29) is 24.2 Å². The molecule has 0 N–H and O–H groups in total. The van der Waals surface area contributed by atoms with Gasteiger partial charge in [-0.05, 0) is 25.5 Å². The maximum Gasteiger partial charge on any atom is 0.267 e. The van der Waals surface area contributed by atoms with Crippen LogP contribution in [0.3, 0.4) is 0 Å². The molecular weight excluding hydrogens is 312 g/mol. The minimum Gasteiger partial charge on any atom is -0.296 e. The van der Waals surface area contributed by atoms with Crippen LogP contribution in [0.1, 0.15) is 39.8 Å². The molecule has 1 saturated heterocycles. The molecule has 1 aromatic carbocycles. The molecule has 0 bridgehead atoms. The van der Waals surface area contributed by atoms with Crippen LogP contribution >= 0.6 is 0 Å². The number of aldehydes is 1. The van der Waals surface area contributed by atoms with Gasteiger partial charge in [0.15, 0.2) is 6.29 Å². The molecule has 0 saturated carbocycles. The van der Waals surface area contributed by atoms with Gasteiger partial charge in [-0.1, -0.05) is 30.3 Å². The molecule has 1 fully saturated rings. The summed E-state index contributed by atoms with van der Waals surface area (Å²) in [7, 11) is 0. The fourth-order valence-electron chi connectivity index (χ4n) is 3.23. The van der Waals surface area contributed by atoms with E-state index in [9.17, 15) is 13.6 Å². The molecule has 2 aromatic rings. The molecule has 1 atom stereocenters. The van der Waals surface area contributed by atoms with Crippen LogP contribution in [-0.2, 0) is 6.54 Å². The normalized spacial score (nSPS) is 20.7. The largest absolute Gasteiger partial charge is 0.296 e. The summed E-state index contributed by atoms with van der Waals surface area (Å²) in [6.07, 6.45) is 2.18. The molecular formula is C18H19F2N3O. The van der Waals surface area contributed by atoms with E-state index in [4.69, 9.17) is 0 Å². The zero-order valence-electron chi connectivity index (χ0n) is 13.5. The highest BCUT2D eigenvalue weighted by Gasteiger charge is 2.46. The zero-order valence-corrected chi connectivity index (χ0v) is 13.5. The molecule has 24 heavy (non-hydrogen) atoms. The van der Waals surface area contributed by atoms with Gasteiger partial charge in [-0.2, -0.15) is 0 Å². The van der Waals surface area contributed by atoms with Gasteiger partial charge in [0, 0.05) is 18.3 Å². The molecule has 126 valence electrons. The molecule has 0 aliphatic carbocycles. The number of aryl methyl sites for hydroxylation is 1. The first-order chi connectivity index (χ1) is 11.5. The molecule has 0 spiro atoms. The van der Waals surface area contributed by atoms with E-state index in [1.807, 2.05) is 30.3 Å². The topological polar surface area (TPSA) is 46.1 Å². The van der Waals surface area contributed by atoms with Gasteiger partial charge in [-0.3, -0.25) is 9.69 Å². The number of hydrogen-bond donors (Lipinski definition) is 0. The number of benzene rings is 1. The van der Waals surface area contributed by atoms with Gasteiger partial charge in [0.25, 0.3) is 5.92 Å². The lowest BCUT2D eigenvalue weighted by atomic mass is 9.86. The maximum absolute atomic E-state index is 14.7. The first-order valence-corrected chi connectivity index (χ1v) is 7.92. The fraction of sp³-hybridized carbons (Fsp3) is 0.389. The van der Waals surface area contributed by atoms with Crippen LogP contribution in [0, 0.1) is 6.92 Å². The smallest absolute Gasteiger partial charge is 0.267 e. The van der Waals surface area contributed by atoms with Crippen LogP contribution in [0.4, 0.5) is 8.78 Å². The molecule has 6 heteroatoms. The summed E-state index contributed by atoms with van der Waals surface area (Å²) >= 11 is 0. The number of halogens is 2. The van der Waals surface area contributed by atoms with Crippen molar-refractivity contribution < 1.29 is 13.6 Å². The van der Waals surface area contributed by atoms with Gasteiger partial charge in [0.1, 0.15) is 11.5 Å². The number of carbonyl (C=O) groups is 1. The summed E-state index contributed by atoms with van der Waals surface area (Å²) in [5.41, 5.74) is 1.34. The molecule has 3 rings (SSSR count). The van der Waals surface area contributed by atoms with Crippen molar-refractivity contribution in [3.63, 3.8) is 0 Å². The first kappa shape index (κ1) is 16.6. The van der Waals surface area contributed by atoms with Crippen molar-refractivity contribution in [3.8, 4) is 0 Å². The number of rotatable bonds is 4. The Morgan fingerprint density at radius 2 is 2.08 bits per heavy atom. The second-order valence-corrected chi connectivity index (χ2v) is 6.17. The van der Waals surface area contributed by atoms with Gasteiger partial charge < -0.3 is 0 Å². The molecule has 0 amide bonds. The van der Waals surface area contributed by atoms with Crippen molar-refractivity contribution in [2.45, 2.75) is 31.7 Å². The standard InChI is InChI=1S/C18H19F2N3O/c1-13-21-9-15(17(11-24)22-13)16-7-8-23(12-18(16,19)20)10-14-5-3-2-4-6-14/h2-6,9,11,16H,7-8,10,12H2,1H3. The number of carbonyl (C=O) groups excluding carboxylic acids is 1. The highest BCUT2D eigenvalue weighted by Crippen LogP contribution is 2.41. The van der Waals surface area contributed by atoms with Crippen molar-refractivity contribution in [1.29, 1.82) is 0 Å². The Balaban J connectivity index is 1.78. The monoisotopic (exact) mass is 331 g/mol. The van der Waals surface area contributed by atoms with Crippen molar-refractivity contribution >= 4 is 6.29 Å². The van der Waals surface area contributed by atoms with Crippen LogP contribution in [0.5, 0.6) is 0 Å². The summed E-state index contributed by atoms with van der Waals surface area (Å²) in [5.74, 6) is -3.54. The lowest BCUT2D eigenvalue weighted by Crippen LogP contribution is -2.47. The van der Waals surface area contributed by atoms with Gasteiger partial charge >= 0.3 is 0 Å². The minimum absolute atomic E-state index is 0.0729. The van der Waals surface area contributed by atoms with Crippen LogP contribution < -0.4 is 0 Å². The molecule has 0 radical (unpaired) electrons. The Morgan fingerprint density at radius 1 is 1.33 bits per heavy atom. The Hall–Kier alpha value is -2.21. The van der Waals surface area contributed by atoms with Crippen molar-refractivity contribution in [2.75, 3.05) is 13.1 Å². The van der Waals surface area contributed by atoms with Crippen LogP contribution in [-0.4, -0.2) is 40.2 Å². The Morgan fingerprint density at radius 3 is 2.75 bits per heavy atom. The van der Waals surface area contributed by atoms with E-state index in [0.29, 0.717) is 25.2 Å². The molecule has 1 aliphatic heterocycles. The summed E-state index contributed by atoms with van der Waals surface area (Å²) in [4.78, 5) is 20.9. The SMILES string of the molecule is Cc1ncc(C2CCN(Cc3ccccc3)CC2(F)F)c(C=O)n1. The van der Waals surface area contributed by atoms with Crippen LogP contribution in [0.25, 0.3) is 0 Å². The third-order valence-electron chi connectivity index (χ3n) is 4.38. The van der Waals surface area contributed by atoms with E-state index < -0.39 is 11.8 Å². The average molecular weight is 331 g/mol. The van der Waals surface area contributed by atoms with Gasteiger partial charge in [0.05, 0.1) is 12.5 Å². The Kier molecular flexibility index (Phi) is 4.66. The molecule has 2 heterocycles. The number of hydrogen-bond acceptors (Lipinski definition) is 4. The van der Waals surface area contributed by atoms with E-state index in [2.05, 4.69) is 9.97 Å². The van der Waals surface area contributed by atoms with E-state index in [1.54, 1.807) is 11.8 Å². The minimum atomic E-state index is -2.93. The highest BCUT2D eigenvalue weighted by atomic mass is 19.3. The third-order valence-corrected chi connectivity index (χ3v) is 4.38. The van der Waals surface area contributed by atoms with Crippen molar-refractivity contribution in [1.82, 2.24) is 14.9 Å². The quantitative estimate of drug-likeness (QED) is 0.807. The van der Waals surface area contributed by atoms with Gasteiger partial charge in [-0.25, -0.2) is 18.7 Å². The molecule has 1 aromatic heterocycles. The molecule has 1 unspecified atom stereocenters. The lowest BCUT2D eigenvalue weighted by Gasteiger charge is -2.38. The second-order valence-electron chi connectivity index (χ2n) is 6.17. The fourth-order valence-corrected chi connectivity index (χ4v) is 3.23. The lowest BCUT2D eigenvalue weighted by molar-refractivity contribution is -0.0850. The van der Waals surface area contributed by atoms with Crippen LogP contribution in [0.15, 0.2) is 36.5 Å². The summed E-state index contributed by atoms with van der Waals surface area (Å²) < 4.78 is 29.4. The number of piperidine rings is 1. The summed E-state index contributed by atoms with van der Waals surface area (Å²) in [6, 6.07) is 9.58. The van der Waals surface area contributed by atoms with E-state index >= 15 is 0 Å². The predicted molar refractivity (Wildman–Crippen MR) is 86.2 cm³/mol. The molecule has 1 aliphatic rings. The third kappa shape index (κ3) is 3.48. The average Bonchev–Trinajstić information content (AvgIpc) is 2.55. The number of likely N-dealkylation sites (tertiary alicyclic amines) is 1. The summed E-state index contributed by atoms with van der Waals surface area (Å²) in [5, 5.41) is 0. The first-order valence-electron chi connectivity index (χ1n) is 7.92. The Labute approximate surface area is 139 Å². The number of aromatic nitrogens is 2. The van der Waals surface area contributed by atoms with Crippen molar-refractivity contribution in [3.05, 3.63) is 59.2 Å². The summed E-state index contributed by atoms with van der Waals surface area (Å²) in [6.45, 7) is 2.34. The van der Waals surface area contributed by atoms with Crippen LogP contribution in [0.2, 0.25) is 0 Å². The van der Waals surface area contributed by atoms with Gasteiger partial charge in [0.2, 0.25) is 0 Å². The second kappa shape index (κ2) is 6.73.